The third-order valence-corrected chi connectivity index (χ3v) is 6.96. The Balaban J connectivity index is 2.03. The van der Waals surface area contributed by atoms with Crippen molar-refractivity contribution in [3.05, 3.63) is 71.0 Å². The van der Waals surface area contributed by atoms with Gasteiger partial charge in [-0.15, -0.1) is 0 Å². The number of esters is 1. The summed E-state index contributed by atoms with van der Waals surface area (Å²) >= 11 is 0. The smallest absolute Gasteiger partial charge is 0.305 e. The lowest BCUT2D eigenvalue weighted by Crippen LogP contribution is -2.22. The third-order valence-electron chi connectivity index (χ3n) is 5.13. The van der Waals surface area contributed by atoms with Crippen LogP contribution >= 0.6 is 0 Å². The highest BCUT2D eigenvalue weighted by molar-refractivity contribution is 7.89. The molecule has 3 rings (SSSR count). The quantitative estimate of drug-likeness (QED) is 0.427. The lowest BCUT2D eigenvalue weighted by atomic mass is 9.99. The number of ether oxygens (including phenoxy) is 1. The van der Waals surface area contributed by atoms with Crippen LogP contribution in [0.25, 0.3) is 5.52 Å². The number of hydrogen-bond donors (Lipinski definition) is 0. The van der Waals surface area contributed by atoms with Crippen LogP contribution in [0.1, 0.15) is 33.6 Å². The summed E-state index contributed by atoms with van der Waals surface area (Å²) in [6.45, 7) is 1.86. The number of aryl methyl sites for hydroxylation is 1. The maximum absolute atomic E-state index is 13.3. The van der Waals surface area contributed by atoms with Gasteiger partial charge in [0.1, 0.15) is 0 Å². The number of pyridine rings is 1. The molecule has 0 atom stereocenters. The van der Waals surface area contributed by atoms with Gasteiger partial charge in [-0.1, -0.05) is 6.07 Å². The first-order chi connectivity index (χ1) is 14.2. The summed E-state index contributed by atoms with van der Waals surface area (Å²) in [6.07, 6.45) is 2.51. The maximum atomic E-state index is 13.3. The molecule has 30 heavy (non-hydrogen) atoms. The average molecular weight is 429 g/mol. The molecule has 2 heterocycles. The largest absolute Gasteiger partial charge is 0.469 e. The number of benzene rings is 1. The lowest BCUT2D eigenvalue weighted by molar-refractivity contribution is -0.140. The second-order valence-corrected chi connectivity index (χ2v) is 9.27. The molecule has 0 unspecified atom stereocenters. The van der Waals surface area contributed by atoms with Crippen LogP contribution < -0.4 is 0 Å². The predicted molar refractivity (Wildman–Crippen MR) is 113 cm³/mol. The molecule has 0 spiro atoms. The number of ketones is 1. The second-order valence-electron chi connectivity index (χ2n) is 7.12. The van der Waals surface area contributed by atoms with Gasteiger partial charge < -0.3 is 9.14 Å². The second kappa shape index (κ2) is 8.41. The number of sulfonamides is 1. The van der Waals surface area contributed by atoms with Crippen LogP contribution in [-0.2, 0) is 26.0 Å². The molecule has 0 aliphatic rings. The third kappa shape index (κ3) is 3.88. The van der Waals surface area contributed by atoms with Crippen molar-refractivity contribution in [2.45, 2.75) is 24.7 Å². The molecule has 1 aromatic carbocycles. The number of aromatic nitrogens is 1. The highest BCUT2D eigenvalue weighted by Crippen LogP contribution is 2.27. The van der Waals surface area contributed by atoms with E-state index in [2.05, 4.69) is 0 Å². The van der Waals surface area contributed by atoms with Gasteiger partial charge >= 0.3 is 5.97 Å². The molecule has 0 aliphatic heterocycles. The van der Waals surface area contributed by atoms with Crippen LogP contribution in [0.2, 0.25) is 0 Å². The molecular formula is C22H24N2O5S. The van der Waals surface area contributed by atoms with Gasteiger partial charge in [-0.25, -0.2) is 12.7 Å². The molecule has 7 nitrogen and oxygen atoms in total. The maximum Gasteiger partial charge on any atom is 0.305 e. The summed E-state index contributed by atoms with van der Waals surface area (Å²) in [7, 11) is 0.700. The first-order valence-corrected chi connectivity index (χ1v) is 10.8. The van der Waals surface area contributed by atoms with E-state index in [-0.39, 0.29) is 23.1 Å². The van der Waals surface area contributed by atoms with Crippen molar-refractivity contribution in [1.29, 1.82) is 0 Å². The van der Waals surface area contributed by atoms with Crippen LogP contribution in [-0.4, -0.2) is 50.1 Å². The standard InChI is InChI=1S/C22H24N2O5S/c1-15-18(12-13-20(25)29-4)24-14-6-5-7-19(24)21(15)22(26)16-8-10-17(11-9-16)30(27,28)23(2)3/h5-11,14H,12-13H2,1-4H3. The van der Waals surface area contributed by atoms with Gasteiger partial charge in [-0.2, -0.15) is 0 Å². The zero-order valence-electron chi connectivity index (χ0n) is 17.4. The normalized spacial score (nSPS) is 11.8. The molecule has 0 saturated heterocycles. The summed E-state index contributed by atoms with van der Waals surface area (Å²) < 4.78 is 32.3. The van der Waals surface area contributed by atoms with Crippen LogP contribution in [0.15, 0.2) is 53.6 Å². The Kier molecular flexibility index (Phi) is 6.09. The number of hydrogen-bond acceptors (Lipinski definition) is 5. The van der Waals surface area contributed by atoms with Crippen molar-refractivity contribution in [3.8, 4) is 0 Å². The van der Waals surface area contributed by atoms with Gasteiger partial charge in [-0.3, -0.25) is 9.59 Å². The molecule has 0 amide bonds. The molecule has 0 bridgehead atoms. The van der Waals surface area contributed by atoms with Gasteiger partial charge in [0.2, 0.25) is 10.0 Å². The molecule has 3 aromatic rings. The van der Waals surface area contributed by atoms with E-state index in [4.69, 9.17) is 4.74 Å². The van der Waals surface area contributed by atoms with E-state index >= 15 is 0 Å². The minimum atomic E-state index is -3.57. The van der Waals surface area contributed by atoms with Gasteiger partial charge in [0.05, 0.1) is 29.5 Å². The zero-order chi connectivity index (χ0) is 22.1. The highest BCUT2D eigenvalue weighted by Gasteiger charge is 2.23. The van der Waals surface area contributed by atoms with E-state index in [9.17, 15) is 18.0 Å². The van der Waals surface area contributed by atoms with Gasteiger partial charge in [0.15, 0.2) is 5.78 Å². The number of carbonyl (C=O) groups excluding carboxylic acids is 2. The van der Waals surface area contributed by atoms with E-state index in [0.29, 0.717) is 17.5 Å². The summed E-state index contributed by atoms with van der Waals surface area (Å²) in [5.41, 5.74) is 3.33. The van der Waals surface area contributed by atoms with E-state index in [1.54, 1.807) is 0 Å². The van der Waals surface area contributed by atoms with Crippen molar-refractivity contribution in [2.24, 2.45) is 0 Å². The van der Waals surface area contributed by atoms with Crippen molar-refractivity contribution in [2.75, 3.05) is 21.2 Å². The molecule has 0 radical (unpaired) electrons. The van der Waals surface area contributed by atoms with E-state index < -0.39 is 10.0 Å². The van der Waals surface area contributed by atoms with Gasteiger partial charge in [0, 0.05) is 31.5 Å². The number of fused-ring (bicyclic) bond motifs is 1. The van der Waals surface area contributed by atoms with Crippen molar-refractivity contribution >= 4 is 27.3 Å². The summed E-state index contributed by atoms with van der Waals surface area (Å²) in [5, 5.41) is 0. The summed E-state index contributed by atoms with van der Waals surface area (Å²) in [6, 6.07) is 11.5. The van der Waals surface area contributed by atoms with Crippen molar-refractivity contribution < 1.29 is 22.7 Å². The topological polar surface area (TPSA) is 85.2 Å². The lowest BCUT2D eigenvalue weighted by Gasteiger charge is -2.11. The minimum absolute atomic E-state index is 0.126. The molecule has 0 aliphatic carbocycles. The molecule has 0 saturated carbocycles. The van der Waals surface area contributed by atoms with Gasteiger partial charge in [-0.05, 0) is 55.3 Å². The predicted octanol–water partition coefficient (Wildman–Crippen LogP) is 2.83. The molecule has 0 fully saturated rings. The summed E-state index contributed by atoms with van der Waals surface area (Å²) in [4.78, 5) is 25.0. The highest BCUT2D eigenvalue weighted by atomic mass is 32.2. The molecule has 2 aromatic heterocycles. The SMILES string of the molecule is COC(=O)CCc1c(C)c(C(=O)c2ccc(S(=O)(=O)N(C)C)cc2)c2ccccn12. The van der Waals surface area contributed by atoms with Crippen LogP contribution in [0, 0.1) is 6.92 Å². The van der Waals surface area contributed by atoms with Crippen LogP contribution in [0.4, 0.5) is 0 Å². The van der Waals surface area contributed by atoms with Crippen molar-refractivity contribution in [3.63, 3.8) is 0 Å². The first kappa shape index (κ1) is 21.7. The Bertz CT molecular complexity index is 1210. The summed E-state index contributed by atoms with van der Waals surface area (Å²) in [5.74, 6) is -0.514. The molecule has 8 heteroatoms. The Morgan fingerprint density at radius 2 is 1.73 bits per heavy atom. The molecular weight excluding hydrogens is 404 g/mol. The van der Waals surface area contributed by atoms with Crippen molar-refractivity contribution in [1.82, 2.24) is 8.71 Å². The van der Waals surface area contributed by atoms with Crippen LogP contribution in [0.5, 0.6) is 0 Å². The fraction of sp³-hybridized carbons (Fsp3) is 0.273. The zero-order valence-corrected chi connectivity index (χ0v) is 18.2. The van der Waals surface area contributed by atoms with Crippen LogP contribution in [0.3, 0.4) is 0 Å². The Hall–Kier alpha value is -2.97. The average Bonchev–Trinajstić information content (AvgIpc) is 3.02. The van der Waals surface area contributed by atoms with E-state index in [0.717, 1.165) is 21.1 Å². The molecule has 0 N–H and O–H groups in total. The van der Waals surface area contributed by atoms with Gasteiger partial charge in [0.25, 0.3) is 0 Å². The minimum Gasteiger partial charge on any atom is -0.469 e. The monoisotopic (exact) mass is 428 g/mol. The Morgan fingerprint density at radius 3 is 2.33 bits per heavy atom. The fourth-order valence-corrected chi connectivity index (χ4v) is 4.35. The Labute approximate surface area is 175 Å². The Morgan fingerprint density at radius 1 is 1.07 bits per heavy atom. The number of carbonyl (C=O) groups is 2. The first-order valence-electron chi connectivity index (χ1n) is 9.41. The number of nitrogens with zero attached hydrogens (tertiary/aromatic N) is 2. The fourth-order valence-electron chi connectivity index (χ4n) is 3.45. The number of rotatable bonds is 7. The molecule has 158 valence electrons. The van der Waals surface area contributed by atoms with E-state index in [1.165, 1.54) is 45.5 Å². The van der Waals surface area contributed by atoms with E-state index in [1.807, 2.05) is 35.7 Å². The number of methoxy groups -OCH3 is 1.